The molecule has 112 valence electrons. The molecule has 21 heavy (non-hydrogen) atoms. The first-order valence-electron chi connectivity index (χ1n) is 7.70. The molecule has 0 bridgehead atoms. The summed E-state index contributed by atoms with van der Waals surface area (Å²) in [7, 11) is 0. The SMILES string of the molecule is CCCCNc1cc(CCl)cc(C)c1Cc1ccccc1. The topological polar surface area (TPSA) is 12.0 Å². The van der Waals surface area contributed by atoms with Crippen LogP contribution >= 0.6 is 11.6 Å². The van der Waals surface area contributed by atoms with Crippen molar-refractivity contribution in [2.75, 3.05) is 11.9 Å². The second kappa shape index (κ2) is 8.09. The molecule has 1 N–H and O–H groups in total. The third-order valence-electron chi connectivity index (χ3n) is 3.76. The van der Waals surface area contributed by atoms with Gasteiger partial charge >= 0.3 is 0 Å². The summed E-state index contributed by atoms with van der Waals surface area (Å²) in [6.45, 7) is 5.41. The number of benzene rings is 2. The molecule has 0 heterocycles. The Kier molecular flexibility index (Phi) is 6.13. The average Bonchev–Trinajstić information content (AvgIpc) is 2.51. The van der Waals surface area contributed by atoms with Crippen LogP contribution in [0.2, 0.25) is 0 Å². The van der Waals surface area contributed by atoms with E-state index < -0.39 is 0 Å². The minimum absolute atomic E-state index is 0.564. The molecule has 0 aromatic heterocycles. The minimum atomic E-state index is 0.564. The second-order valence-electron chi connectivity index (χ2n) is 5.52. The smallest absolute Gasteiger partial charge is 0.0474 e. The van der Waals surface area contributed by atoms with E-state index in [2.05, 4.69) is 61.6 Å². The summed E-state index contributed by atoms with van der Waals surface area (Å²) in [6, 6.07) is 15.0. The molecule has 0 aliphatic heterocycles. The van der Waals surface area contributed by atoms with Crippen molar-refractivity contribution < 1.29 is 0 Å². The summed E-state index contributed by atoms with van der Waals surface area (Å²) in [6.07, 6.45) is 3.35. The molecule has 0 atom stereocenters. The summed E-state index contributed by atoms with van der Waals surface area (Å²) < 4.78 is 0. The van der Waals surface area contributed by atoms with E-state index in [1.807, 2.05) is 0 Å². The maximum Gasteiger partial charge on any atom is 0.0474 e. The minimum Gasteiger partial charge on any atom is -0.385 e. The fourth-order valence-corrected chi connectivity index (χ4v) is 2.72. The van der Waals surface area contributed by atoms with Gasteiger partial charge in [0.2, 0.25) is 0 Å². The van der Waals surface area contributed by atoms with Gasteiger partial charge in [0, 0.05) is 18.1 Å². The second-order valence-corrected chi connectivity index (χ2v) is 5.78. The zero-order valence-corrected chi connectivity index (χ0v) is 13.7. The Morgan fingerprint density at radius 2 is 1.81 bits per heavy atom. The van der Waals surface area contributed by atoms with Crippen molar-refractivity contribution in [2.24, 2.45) is 0 Å². The molecule has 2 aromatic carbocycles. The van der Waals surface area contributed by atoms with E-state index in [4.69, 9.17) is 11.6 Å². The number of hydrogen-bond acceptors (Lipinski definition) is 1. The fraction of sp³-hybridized carbons (Fsp3) is 0.368. The Morgan fingerprint density at radius 3 is 2.48 bits per heavy atom. The highest BCUT2D eigenvalue weighted by atomic mass is 35.5. The number of hydrogen-bond donors (Lipinski definition) is 1. The third-order valence-corrected chi connectivity index (χ3v) is 4.07. The number of unbranched alkanes of at least 4 members (excludes halogenated alkanes) is 1. The van der Waals surface area contributed by atoms with E-state index >= 15 is 0 Å². The number of anilines is 1. The van der Waals surface area contributed by atoms with Crippen LogP contribution in [0.25, 0.3) is 0 Å². The molecule has 1 nitrogen and oxygen atoms in total. The van der Waals surface area contributed by atoms with Crippen molar-refractivity contribution in [3.63, 3.8) is 0 Å². The zero-order chi connectivity index (χ0) is 15.1. The molecule has 2 aromatic rings. The van der Waals surface area contributed by atoms with Gasteiger partial charge in [-0.2, -0.15) is 0 Å². The Morgan fingerprint density at radius 1 is 1.05 bits per heavy atom. The van der Waals surface area contributed by atoms with Gasteiger partial charge in [0.15, 0.2) is 0 Å². The predicted octanol–water partition coefficient (Wildman–Crippen LogP) is 5.54. The molecule has 2 heteroatoms. The van der Waals surface area contributed by atoms with Gasteiger partial charge in [0.05, 0.1) is 0 Å². The maximum atomic E-state index is 6.02. The van der Waals surface area contributed by atoms with Crippen molar-refractivity contribution in [3.05, 3.63) is 64.7 Å². The molecule has 0 radical (unpaired) electrons. The van der Waals surface area contributed by atoms with Crippen LogP contribution in [0.4, 0.5) is 5.69 Å². The quantitative estimate of drug-likeness (QED) is 0.523. The molecule has 0 aliphatic rings. The third kappa shape index (κ3) is 4.50. The lowest BCUT2D eigenvalue weighted by Gasteiger charge is -2.16. The van der Waals surface area contributed by atoms with Gasteiger partial charge < -0.3 is 5.32 Å². The molecular weight excluding hydrogens is 278 g/mol. The molecule has 0 saturated carbocycles. The molecule has 0 saturated heterocycles. The van der Waals surface area contributed by atoms with Gasteiger partial charge in [-0.25, -0.2) is 0 Å². The van der Waals surface area contributed by atoms with Gasteiger partial charge in [-0.15, -0.1) is 11.6 Å². The van der Waals surface area contributed by atoms with Crippen molar-refractivity contribution in [3.8, 4) is 0 Å². The number of rotatable bonds is 7. The van der Waals surface area contributed by atoms with Crippen LogP contribution in [0.3, 0.4) is 0 Å². The number of halogens is 1. The van der Waals surface area contributed by atoms with Crippen LogP contribution in [0, 0.1) is 6.92 Å². The summed E-state index contributed by atoms with van der Waals surface area (Å²) in [5.41, 5.74) is 6.47. The van der Waals surface area contributed by atoms with Gasteiger partial charge in [-0.3, -0.25) is 0 Å². The summed E-state index contributed by atoms with van der Waals surface area (Å²) in [5, 5.41) is 3.59. The van der Waals surface area contributed by atoms with Gasteiger partial charge in [-0.1, -0.05) is 49.7 Å². The molecular formula is C19H24ClN. The lowest BCUT2D eigenvalue weighted by molar-refractivity contribution is 0.832. The largest absolute Gasteiger partial charge is 0.385 e. The van der Waals surface area contributed by atoms with E-state index in [0.717, 1.165) is 13.0 Å². The summed E-state index contributed by atoms with van der Waals surface area (Å²) in [5.74, 6) is 0.564. The highest BCUT2D eigenvalue weighted by Crippen LogP contribution is 2.26. The number of alkyl halides is 1. The lowest BCUT2D eigenvalue weighted by atomic mass is 9.96. The number of aryl methyl sites for hydroxylation is 1. The molecule has 0 unspecified atom stereocenters. The van der Waals surface area contributed by atoms with Gasteiger partial charge in [-0.05, 0) is 48.1 Å². The van der Waals surface area contributed by atoms with Crippen LogP contribution in [0.15, 0.2) is 42.5 Å². The van der Waals surface area contributed by atoms with E-state index in [1.165, 1.54) is 40.8 Å². The summed E-state index contributed by atoms with van der Waals surface area (Å²) in [4.78, 5) is 0. The van der Waals surface area contributed by atoms with Gasteiger partial charge in [0.1, 0.15) is 0 Å². The van der Waals surface area contributed by atoms with Crippen molar-refractivity contribution in [2.45, 2.75) is 39.0 Å². The van der Waals surface area contributed by atoms with Crippen LogP contribution in [0.5, 0.6) is 0 Å². The highest BCUT2D eigenvalue weighted by Gasteiger charge is 2.09. The van der Waals surface area contributed by atoms with Crippen molar-refractivity contribution in [1.82, 2.24) is 0 Å². The average molecular weight is 302 g/mol. The van der Waals surface area contributed by atoms with Crippen molar-refractivity contribution >= 4 is 17.3 Å². The monoisotopic (exact) mass is 301 g/mol. The van der Waals surface area contributed by atoms with E-state index in [1.54, 1.807) is 0 Å². The Hall–Kier alpha value is -1.47. The first kappa shape index (κ1) is 15.9. The Bertz CT molecular complexity index is 563. The molecule has 2 rings (SSSR count). The van der Waals surface area contributed by atoms with Crippen LogP contribution in [-0.2, 0) is 12.3 Å². The molecule has 0 amide bonds. The Labute approximate surface area is 133 Å². The van der Waals surface area contributed by atoms with E-state index in [0.29, 0.717) is 5.88 Å². The van der Waals surface area contributed by atoms with Crippen LogP contribution < -0.4 is 5.32 Å². The van der Waals surface area contributed by atoms with E-state index in [-0.39, 0.29) is 0 Å². The van der Waals surface area contributed by atoms with Crippen LogP contribution in [0.1, 0.15) is 42.0 Å². The first-order valence-corrected chi connectivity index (χ1v) is 8.24. The van der Waals surface area contributed by atoms with E-state index in [9.17, 15) is 0 Å². The summed E-state index contributed by atoms with van der Waals surface area (Å²) >= 11 is 6.02. The number of nitrogens with one attached hydrogen (secondary N) is 1. The standard InChI is InChI=1S/C19H24ClN/c1-3-4-10-21-19-13-17(14-20)11-15(2)18(19)12-16-8-6-5-7-9-16/h5-9,11,13,21H,3-4,10,12,14H2,1-2H3. The Balaban J connectivity index is 2.28. The van der Waals surface area contributed by atoms with Crippen molar-refractivity contribution in [1.29, 1.82) is 0 Å². The zero-order valence-electron chi connectivity index (χ0n) is 13.0. The highest BCUT2D eigenvalue weighted by molar-refractivity contribution is 6.17. The fourth-order valence-electron chi connectivity index (χ4n) is 2.56. The molecule has 0 fully saturated rings. The van der Waals surface area contributed by atoms with Gasteiger partial charge in [0.25, 0.3) is 0 Å². The predicted molar refractivity (Wildman–Crippen MR) is 93.4 cm³/mol. The molecule has 0 spiro atoms. The first-order chi connectivity index (χ1) is 10.2. The lowest BCUT2D eigenvalue weighted by Crippen LogP contribution is -2.06. The van der Waals surface area contributed by atoms with Crippen LogP contribution in [-0.4, -0.2) is 6.54 Å². The molecule has 0 aliphatic carbocycles. The normalized spacial score (nSPS) is 10.6. The maximum absolute atomic E-state index is 6.02.